The standard InChI is InChI=1S/C21H22N2OS/c1-3-17(15-11-7-5-8-12-15)20(24)23-21-22-19(18(4-2)25-21)16-13-9-6-10-14-16/h5-14,17H,3-4H2,1-2H3,(H,22,23,24). The summed E-state index contributed by atoms with van der Waals surface area (Å²) in [7, 11) is 0. The summed E-state index contributed by atoms with van der Waals surface area (Å²) < 4.78 is 0. The van der Waals surface area contributed by atoms with Gasteiger partial charge in [-0.2, -0.15) is 0 Å². The van der Waals surface area contributed by atoms with Crippen molar-refractivity contribution in [1.82, 2.24) is 4.98 Å². The summed E-state index contributed by atoms with van der Waals surface area (Å²) in [4.78, 5) is 18.6. The van der Waals surface area contributed by atoms with Crippen LogP contribution in [0.15, 0.2) is 60.7 Å². The Morgan fingerprint density at radius 3 is 2.28 bits per heavy atom. The Kier molecular flexibility index (Phi) is 5.61. The predicted molar refractivity (Wildman–Crippen MR) is 105 cm³/mol. The number of benzene rings is 2. The minimum absolute atomic E-state index is 0.00437. The molecule has 0 fully saturated rings. The van der Waals surface area contributed by atoms with Crippen molar-refractivity contribution in [1.29, 1.82) is 0 Å². The van der Waals surface area contributed by atoms with Crippen molar-refractivity contribution in [2.75, 3.05) is 5.32 Å². The fourth-order valence-electron chi connectivity index (χ4n) is 2.92. The number of amides is 1. The van der Waals surface area contributed by atoms with E-state index in [0.29, 0.717) is 5.13 Å². The number of aromatic nitrogens is 1. The Hall–Kier alpha value is -2.46. The van der Waals surface area contributed by atoms with Crippen LogP contribution in [0.25, 0.3) is 11.3 Å². The van der Waals surface area contributed by atoms with Gasteiger partial charge >= 0.3 is 0 Å². The number of rotatable bonds is 6. The molecular formula is C21H22N2OS. The highest BCUT2D eigenvalue weighted by Crippen LogP contribution is 2.32. The molecule has 0 aliphatic heterocycles. The average Bonchev–Trinajstić information content (AvgIpc) is 3.07. The minimum Gasteiger partial charge on any atom is -0.301 e. The number of carbonyl (C=O) groups is 1. The lowest BCUT2D eigenvalue weighted by Crippen LogP contribution is -2.20. The SMILES string of the molecule is CCc1sc(NC(=O)C(CC)c2ccccc2)nc1-c1ccccc1. The van der Waals surface area contributed by atoms with Gasteiger partial charge in [0, 0.05) is 10.4 Å². The van der Waals surface area contributed by atoms with E-state index in [9.17, 15) is 4.79 Å². The van der Waals surface area contributed by atoms with Crippen molar-refractivity contribution >= 4 is 22.4 Å². The molecule has 0 saturated carbocycles. The van der Waals surface area contributed by atoms with Gasteiger partial charge in [-0.1, -0.05) is 74.5 Å². The Balaban J connectivity index is 1.83. The first-order chi connectivity index (χ1) is 12.2. The molecule has 0 spiro atoms. The Morgan fingerprint density at radius 2 is 1.68 bits per heavy atom. The van der Waals surface area contributed by atoms with Crippen molar-refractivity contribution < 1.29 is 4.79 Å². The van der Waals surface area contributed by atoms with E-state index < -0.39 is 0 Å². The van der Waals surface area contributed by atoms with E-state index in [1.165, 1.54) is 4.88 Å². The lowest BCUT2D eigenvalue weighted by molar-refractivity contribution is -0.117. The molecule has 128 valence electrons. The van der Waals surface area contributed by atoms with Gasteiger partial charge in [0.25, 0.3) is 0 Å². The van der Waals surface area contributed by atoms with Crippen LogP contribution in [0.4, 0.5) is 5.13 Å². The van der Waals surface area contributed by atoms with Crippen LogP contribution in [0, 0.1) is 0 Å². The number of nitrogens with zero attached hydrogens (tertiary/aromatic N) is 1. The third-order valence-corrected chi connectivity index (χ3v) is 5.34. The maximum Gasteiger partial charge on any atom is 0.233 e. The molecule has 0 aliphatic rings. The van der Waals surface area contributed by atoms with Crippen molar-refractivity contribution in [2.24, 2.45) is 0 Å². The summed E-state index contributed by atoms with van der Waals surface area (Å²) in [6.45, 7) is 4.15. The lowest BCUT2D eigenvalue weighted by atomic mass is 9.96. The summed E-state index contributed by atoms with van der Waals surface area (Å²) >= 11 is 1.56. The highest BCUT2D eigenvalue weighted by Gasteiger charge is 2.20. The molecule has 1 amide bonds. The quantitative estimate of drug-likeness (QED) is 0.637. The van der Waals surface area contributed by atoms with Gasteiger partial charge < -0.3 is 5.32 Å². The number of nitrogens with one attached hydrogen (secondary N) is 1. The van der Waals surface area contributed by atoms with Crippen LogP contribution in [0.5, 0.6) is 0 Å². The fourth-order valence-corrected chi connectivity index (χ4v) is 3.84. The van der Waals surface area contributed by atoms with Crippen molar-refractivity contribution in [2.45, 2.75) is 32.6 Å². The van der Waals surface area contributed by atoms with Crippen molar-refractivity contribution in [3.63, 3.8) is 0 Å². The monoisotopic (exact) mass is 350 g/mol. The Morgan fingerprint density at radius 1 is 1.04 bits per heavy atom. The van der Waals surface area contributed by atoms with Crippen LogP contribution in [0.2, 0.25) is 0 Å². The number of carbonyl (C=O) groups excluding carboxylic acids is 1. The summed E-state index contributed by atoms with van der Waals surface area (Å²) in [5.41, 5.74) is 3.10. The molecule has 3 nitrogen and oxygen atoms in total. The molecule has 1 aromatic heterocycles. The molecule has 1 unspecified atom stereocenters. The average molecular weight is 350 g/mol. The van der Waals surface area contributed by atoms with E-state index in [4.69, 9.17) is 0 Å². The molecule has 3 rings (SSSR count). The summed E-state index contributed by atoms with van der Waals surface area (Å²) in [6, 6.07) is 20.0. The fraction of sp³-hybridized carbons (Fsp3) is 0.238. The molecule has 1 atom stereocenters. The van der Waals surface area contributed by atoms with E-state index in [1.807, 2.05) is 55.5 Å². The second-order valence-corrected chi connectivity index (χ2v) is 6.95. The number of thiazole rings is 1. The number of anilines is 1. The van der Waals surface area contributed by atoms with Gasteiger partial charge in [0.1, 0.15) is 0 Å². The molecule has 25 heavy (non-hydrogen) atoms. The highest BCUT2D eigenvalue weighted by molar-refractivity contribution is 7.16. The normalized spacial score (nSPS) is 11.9. The zero-order chi connectivity index (χ0) is 17.6. The maximum absolute atomic E-state index is 12.7. The van der Waals surface area contributed by atoms with E-state index >= 15 is 0 Å². The number of hydrogen-bond acceptors (Lipinski definition) is 3. The van der Waals surface area contributed by atoms with Crippen LogP contribution < -0.4 is 5.32 Å². The number of aryl methyl sites for hydroxylation is 1. The topological polar surface area (TPSA) is 42.0 Å². The molecule has 4 heteroatoms. The Bertz CT molecular complexity index is 828. The smallest absolute Gasteiger partial charge is 0.233 e. The second-order valence-electron chi connectivity index (χ2n) is 5.87. The van der Waals surface area contributed by atoms with E-state index in [2.05, 4.69) is 29.4 Å². The third kappa shape index (κ3) is 3.97. The van der Waals surface area contributed by atoms with Gasteiger partial charge in [-0.15, -0.1) is 11.3 Å². The molecule has 1 heterocycles. The first kappa shape index (κ1) is 17.4. The molecule has 0 radical (unpaired) electrons. The van der Waals surface area contributed by atoms with Gasteiger partial charge in [-0.05, 0) is 18.4 Å². The van der Waals surface area contributed by atoms with Gasteiger partial charge in [0.2, 0.25) is 5.91 Å². The minimum atomic E-state index is -0.157. The molecule has 2 aromatic carbocycles. The van der Waals surface area contributed by atoms with E-state index in [1.54, 1.807) is 11.3 Å². The summed E-state index contributed by atoms with van der Waals surface area (Å²) in [5, 5.41) is 3.70. The molecule has 0 aliphatic carbocycles. The molecule has 0 saturated heterocycles. The van der Waals surface area contributed by atoms with Crippen LogP contribution >= 0.6 is 11.3 Å². The van der Waals surface area contributed by atoms with Crippen molar-refractivity contribution in [3.05, 3.63) is 71.1 Å². The maximum atomic E-state index is 12.7. The summed E-state index contributed by atoms with van der Waals surface area (Å²) in [6.07, 6.45) is 1.65. The molecule has 0 bridgehead atoms. The first-order valence-corrected chi connectivity index (χ1v) is 9.45. The largest absolute Gasteiger partial charge is 0.301 e. The first-order valence-electron chi connectivity index (χ1n) is 8.63. The highest BCUT2D eigenvalue weighted by atomic mass is 32.1. The summed E-state index contributed by atoms with van der Waals surface area (Å²) in [5.74, 6) is -0.153. The van der Waals surface area contributed by atoms with Gasteiger partial charge in [-0.3, -0.25) is 4.79 Å². The predicted octanol–water partition coefficient (Wildman–Crippen LogP) is 5.50. The van der Waals surface area contributed by atoms with Gasteiger partial charge in [-0.25, -0.2) is 4.98 Å². The van der Waals surface area contributed by atoms with Gasteiger partial charge in [0.15, 0.2) is 5.13 Å². The van der Waals surface area contributed by atoms with Crippen LogP contribution in [0.1, 0.15) is 36.6 Å². The van der Waals surface area contributed by atoms with Crippen LogP contribution in [-0.2, 0) is 11.2 Å². The molecule has 3 aromatic rings. The van der Waals surface area contributed by atoms with E-state index in [0.717, 1.165) is 29.7 Å². The second kappa shape index (κ2) is 8.08. The Labute approximate surface area is 152 Å². The molecule has 1 N–H and O–H groups in total. The van der Waals surface area contributed by atoms with Crippen molar-refractivity contribution in [3.8, 4) is 11.3 Å². The lowest BCUT2D eigenvalue weighted by Gasteiger charge is -2.14. The van der Waals surface area contributed by atoms with Crippen LogP contribution in [0.3, 0.4) is 0 Å². The zero-order valence-electron chi connectivity index (χ0n) is 14.5. The van der Waals surface area contributed by atoms with Gasteiger partial charge in [0.05, 0.1) is 11.6 Å². The zero-order valence-corrected chi connectivity index (χ0v) is 15.3. The third-order valence-electron chi connectivity index (χ3n) is 4.22. The number of hydrogen-bond donors (Lipinski definition) is 1. The van der Waals surface area contributed by atoms with Crippen LogP contribution in [-0.4, -0.2) is 10.9 Å². The molecular weight excluding hydrogens is 328 g/mol. The van der Waals surface area contributed by atoms with E-state index in [-0.39, 0.29) is 11.8 Å².